The van der Waals surface area contributed by atoms with Gasteiger partial charge in [0.2, 0.25) is 10.0 Å². The molecule has 0 amide bonds. The molecule has 0 unspecified atom stereocenters. The number of halogens is 1. The van der Waals surface area contributed by atoms with Crippen LogP contribution in [0.25, 0.3) is 0 Å². The molecule has 0 aliphatic carbocycles. The highest BCUT2D eigenvalue weighted by Gasteiger charge is 2.08. The Hall–Kier alpha value is -1.72. The summed E-state index contributed by atoms with van der Waals surface area (Å²) in [6.45, 7) is 2.63. The molecular weight excluding hydrogens is 332 g/mol. The van der Waals surface area contributed by atoms with Crippen molar-refractivity contribution >= 4 is 33.0 Å². The SMILES string of the molecule is CCCS(=O)(=O)Nc1ccc(NCCc2ccc(Cl)cc2)cc1. The highest BCUT2D eigenvalue weighted by molar-refractivity contribution is 7.92. The number of hydrogen-bond acceptors (Lipinski definition) is 3. The summed E-state index contributed by atoms with van der Waals surface area (Å²) in [4.78, 5) is 0. The van der Waals surface area contributed by atoms with Crippen molar-refractivity contribution in [3.05, 3.63) is 59.1 Å². The number of hydrogen-bond donors (Lipinski definition) is 2. The Morgan fingerprint density at radius 3 is 2.17 bits per heavy atom. The molecule has 0 aliphatic heterocycles. The lowest BCUT2D eigenvalue weighted by Crippen LogP contribution is -2.16. The van der Waals surface area contributed by atoms with E-state index in [-0.39, 0.29) is 5.75 Å². The van der Waals surface area contributed by atoms with Crippen LogP contribution >= 0.6 is 11.6 Å². The van der Waals surface area contributed by atoms with Crippen molar-refractivity contribution in [2.24, 2.45) is 0 Å². The second-order valence-corrected chi connectivity index (χ2v) is 7.58. The second kappa shape index (κ2) is 8.22. The molecule has 0 bridgehead atoms. The first-order valence-electron chi connectivity index (χ1n) is 7.57. The van der Waals surface area contributed by atoms with Gasteiger partial charge in [0, 0.05) is 22.9 Å². The lowest BCUT2D eigenvalue weighted by molar-refractivity contribution is 0.600. The van der Waals surface area contributed by atoms with E-state index in [1.54, 1.807) is 12.1 Å². The molecule has 6 heteroatoms. The molecule has 0 aliphatic rings. The molecule has 2 N–H and O–H groups in total. The van der Waals surface area contributed by atoms with E-state index in [9.17, 15) is 8.42 Å². The standard InChI is InChI=1S/C17H21ClN2O2S/c1-2-13-23(21,22)20-17-9-7-16(8-10-17)19-12-11-14-3-5-15(18)6-4-14/h3-10,19-20H,2,11-13H2,1H3. The molecular formula is C17H21ClN2O2S. The molecule has 0 atom stereocenters. The van der Waals surface area contributed by atoms with E-state index >= 15 is 0 Å². The summed E-state index contributed by atoms with van der Waals surface area (Å²) in [6, 6.07) is 15.0. The fraction of sp³-hybridized carbons (Fsp3) is 0.294. The number of sulfonamides is 1. The van der Waals surface area contributed by atoms with Crippen LogP contribution in [0.2, 0.25) is 5.02 Å². The van der Waals surface area contributed by atoms with Crippen LogP contribution in [-0.2, 0) is 16.4 Å². The number of anilines is 2. The van der Waals surface area contributed by atoms with E-state index < -0.39 is 10.0 Å². The summed E-state index contributed by atoms with van der Waals surface area (Å²) >= 11 is 5.86. The van der Waals surface area contributed by atoms with E-state index in [1.807, 2.05) is 43.3 Å². The van der Waals surface area contributed by atoms with Gasteiger partial charge in [-0.3, -0.25) is 4.72 Å². The van der Waals surface area contributed by atoms with Crippen molar-refractivity contribution in [2.45, 2.75) is 19.8 Å². The maximum atomic E-state index is 11.7. The van der Waals surface area contributed by atoms with Gasteiger partial charge in [0.25, 0.3) is 0 Å². The van der Waals surface area contributed by atoms with Gasteiger partial charge in [0.05, 0.1) is 5.75 Å². The molecule has 0 fully saturated rings. The molecule has 0 spiro atoms. The Morgan fingerprint density at radius 2 is 1.57 bits per heavy atom. The summed E-state index contributed by atoms with van der Waals surface area (Å²) in [5, 5.41) is 4.05. The third kappa shape index (κ3) is 6.12. The molecule has 2 rings (SSSR count). The van der Waals surface area contributed by atoms with Crippen LogP contribution in [0.1, 0.15) is 18.9 Å². The minimum absolute atomic E-state index is 0.133. The van der Waals surface area contributed by atoms with E-state index in [2.05, 4.69) is 10.0 Å². The smallest absolute Gasteiger partial charge is 0.232 e. The van der Waals surface area contributed by atoms with Crippen molar-refractivity contribution in [3.63, 3.8) is 0 Å². The fourth-order valence-corrected chi connectivity index (χ4v) is 3.42. The molecule has 0 heterocycles. The van der Waals surface area contributed by atoms with Gasteiger partial charge in [-0.1, -0.05) is 30.7 Å². The van der Waals surface area contributed by atoms with Crippen LogP contribution in [0.4, 0.5) is 11.4 Å². The van der Waals surface area contributed by atoms with Gasteiger partial charge in [-0.25, -0.2) is 8.42 Å². The molecule has 0 radical (unpaired) electrons. The number of benzene rings is 2. The summed E-state index contributed by atoms with van der Waals surface area (Å²) in [7, 11) is -3.24. The first-order valence-corrected chi connectivity index (χ1v) is 9.60. The Morgan fingerprint density at radius 1 is 0.957 bits per heavy atom. The lowest BCUT2D eigenvalue weighted by atomic mass is 10.1. The van der Waals surface area contributed by atoms with E-state index in [0.29, 0.717) is 12.1 Å². The second-order valence-electron chi connectivity index (χ2n) is 5.30. The molecule has 2 aromatic rings. The first-order chi connectivity index (χ1) is 11.0. The molecule has 23 heavy (non-hydrogen) atoms. The van der Waals surface area contributed by atoms with Crippen molar-refractivity contribution < 1.29 is 8.42 Å². The van der Waals surface area contributed by atoms with Crippen LogP contribution in [0, 0.1) is 0 Å². The van der Waals surface area contributed by atoms with Crippen molar-refractivity contribution in [1.29, 1.82) is 0 Å². The highest BCUT2D eigenvalue weighted by Crippen LogP contribution is 2.15. The molecule has 0 saturated heterocycles. The molecule has 0 saturated carbocycles. The lowest BCUT2D eigenvalue weighted by Gasteiger charge is -2.09. The molecule has 124 valence electrons. The third-order valence-corrected chi connectivity index (χ3v) is 5.03. The van der Waals surface area contributed by atoms with Crippen LogP contribution in [0.15, 0.2) is 48.5 Å². The van der Waals surface area contributed by atoms with Gasteiger partial charge < -0.3 is 5.32 Å². The summed E-state index contributed by atoms with van der Waals surface area (Å²) in [6.07, 6.45) is 1.49. The van der Waals surface area contributed by atoms with Crippen molar-refractivity contribution in [1.82, 2.24) is 0 Å². The molecule has 0 aromatic heterocycles. The number of nitrogens with one attached hydrogen (secondary N) is 2. The average molecular weight is 353 g/mol. The molecule has 4 nitrogen and oxygen atoms in total. The molecule has 2 aromatic carbocycles. The van der Waals surface area contributed by atoms with E-state index in [4.69, 9.17) is 11.6 Å². The predicted molar refractivity (Wildman–Crippen MR) is 97.8 cm³/mol. The summed E-state index contributed by atoms with van der Waals surface area (Å²) in [5.74, 6) is 0.133. The zero-order valence-corrected chi connectivity index (χ0v) is 14.6. The van der Waals surface area contributed by atoms with Gasteiger partial charge >= 0.3 is 0 Å². The predicted octanol–water partition coefficient (Wildman–Crippen LogP) is 4.15. The van der Waals surface area contributed by atoms with Crippen LogP contribution in [0.3, 0.4) is 0 Å². The van der Waals surface area contributed by atoms with Gasteiger partial charge in [-0.05, 0) is 54.8 Å². The topological polar surface area (TPSA) is 58.2 Å². The summed E-state index contributed by atoms with van der Waals surface area (Å²) < 4.78 is 26.0. The van der Waals surface area contributed by atoms with E-state index in [0.717, 1.165) is 23.7 Å². The Kier molecular flexibility index (Phi) is 6.30. The Labute approximate surface area is 142 Å². The Bertz CT molecular complexity index is 713. The fourth-order valence-electron chi connectivity index (χ4n) is 2.16. The maximum absolute atomic E-state index is 11.7. The Balaban J connectivity index is 1.84. The largest absolute Gasteiger partial charge is 0.385 e. The van der Waals surface area contributed by atoms with Gasteiger partial charge in [-0.2, -0.15) is 0 Å². The number of rotatable bonds is 8. The van der Waals surface area contributed by atoms with Crippen molar-refractivity contribution in [3.8, 4) is 0 Å². The minimum Gasteiger partial charge on any atom is -0.385 e. The monoisotopic (exact) mass is 352 g/mol. The third-order valence-electron chi connectivity index (χ3n) is 3.29. The maximum Gasteiger partial charge on any atom is 0.232 e. The highest BCUT2D eigenvalue weighted by atomic mass is 35.5. The zero-order chi connectivity index (χ0) is 16.7. The first kappa shape index (κ1) is 17.6. The van der Waals surface area contributed by atoms with Gasteiger partial charge in [0.15, 0.2) is 0 Å². The van der Waals surface area contributed by atoms with Crippen molar-refractivity contribution in [2.75, 3.05) is 22.3 Å². The average Bonchev–Trinajstić information content (AvgIpc) is 2.50. The quantitative estimate of drug-likeness (QED) is 0.750. The van der Waals surface area contributed by atoms with Crippen LogP contribution < -0.4 is 10.0 Å². The minimum atomic E-state index is -3.24. The summed E-state index contributed by atoms with van der Waals surface area (Å²) in [5.41, 5.74) is 2.75. The van der Waals surface area contributed by atoms with Crippen LogP contribution in [-0.4, -0.2) is 20.7 Å². The van der Waals surface area contributed by atoms with E-state index in [1.165, 1.54) is 5.56 Å². The van der Waals surface area contributed by atoms with Gasteiger partial charge in [-0.15, -0.1) is 0 Å². The normalized spacial score (nSPS) is 11.2. The van der Waals surface area contributed by atoms with Gasteiger partial charge in [0.1, 0.15) is 0 Å². The zero-order valence-electron chi connectivity index (χ0n) is 13.0. The van der Waals surface area contributed by atoms with Crippen LogP contribution in [0.5, 0.6) is 0 Å².